The molecule has 0 unspecified atom stereocenters. The molecule has 1 aliphatic carbocycles. The Kier molecular flexibility index (Phi) is 2.84. The number of rotatable bonds is 2. The third-order valence-electron chi connectivity index (χ3n) is 3.04. The summed E-state index contributed by atoms with van der Waals surface area (Å²) in [4.78, 5) is 0. The smallest absolute Gasteiger partial charge is 0.274 e. The Morgan fingerprint density at radius 3 is 2.76 bits per heavy atom. The van der Waals surface area contributed by atoms with E-state index in [1.165, 1.54) is 0 Å². The lowest BCUT2D eigenvalue weighted by molar-refractivity contribution is 0.247. The van der Waals surface area contributed by atoms with E-state index in [0.29, 0.717) is 0 Å². The first-order valence-electron chi connectivity index (χ1n) is 5.56. The highest BCUT2D eigenvalue weighted by Gasteiger charge is 2.36. The Labute approximate surface area is 102 Å². The van der Waals surface area contributed by atoms with Crippen molar-refractivity contribution in [3.05, 3.63) is 23.2 Å². The average molecular weight is 258 g/mol. The van der Waals surface area contributed by atoms with E-state index >= 15 is 0 Å². The molecule has 0 aromatic carbocycles. The van der Waals surface area contributed by atoms with E-state index in [1.54, 1.807) is 0 Å². The van der Waals surface area contributed by atoms with Crippen LogP contribution in [-0.2, 0) is 16.6 Å². The fourth-order valence-corrected chi connectivity index (χ4v) is 3.09. The molecule has 2 rings (SSSR count). The third kappa shape index (κ3) is 2.88. The number of aryl methyl sites for hydroxylation is 1. The number of hydrogen-bond acceptors (Lipinski definition) is 3. The molecule has 1 atom stereocenters. The monoisotopic (exact) mass is 258 g/mol. The van der Waals surface area contributed by atoms with E-state index in [4.69, 9.17) is 9.56 Å². The molecule has 3 N–H and O–H groups in total. The topological polar surface area (TPSA) is 85.3 Å². The van der Waals surface area contributed by atoms with Gasteiger partial charge in [0.1, 0.15) is 11.5 Å². The summed E-state index contributed by atoms with van der Waals surface area (Å²) < 4.78 is 30.4. The normalized spacial score (nSPS) is 23.4. The van der Waals surface area contributed by atoms with Gasteiger partial charge in [0.15, 0.2) is 0 Å². The van der Waals surface area contributed by atoms with E-state index in [0.717, 1.165) is 29.9 Å². The minimum Gasteiger partial charge on any atom is -0.466 e. The minimum atomic E-state index is -3.70. The van der Waals surface area contributed by atoms with Crippen LogP contribution in [0.25, 0.3) is 0 Å². The summed E-state index contributed by atoms with van der Waals surface area (Å²) in [7, 11) is -3.70. The molecule has 1 aromatic rings. The molecule has 0 spiro atoms. The van der Waals surface area contributed by atoms with Gasteiger partial charge >= 0.3 is 0 Å². The van der Waals surface area contributed by atoms with Crippen molar-refractivity contribution in [2.45, 2.75) is 39.7 Å². The molecule has 1 heterocycles. The minimum absolute atomic E-state index is 0.000347. The molecule has 0 aliphatic heterocycles. The van der Waals surface area contributed by atoms with Crippen LogP contribution >= 0.6 is 0 Å². The van der Waals surface area contributed by atoms with Gasteiger partial charge in [-0.1, -0.05) is 13.8 Å². The van der Waals surface area contributed by atoms with Crippen LogP contribution in [0, 0.1) is 12.3 Å². The first-order valence-corrected chi connectivity index (χ1v) is 7.10. The van der Waals surface area contributed by atoms with Crippen molar-refractivity contribution in [3.8, 4) is 0 Å². The number of nitrogens with two attached hydrogens (primary N) is 1. The Hall–Kier alpha value is -0.850. The number of hydrogen-bond donors (Lipinski definition) is 2. The molecule has 5 nitrogen and oxygen atoms in total. The first-order chi connectivity index (χ1) is 7.66. The summed E-state index contributed by atoms with van der Waals surface area (Å²) >= 11 is 0. The maximum absolute atomic E-state index is 11.2. The lowest BCUT2D eigenvalue weighted by Gasteiger charge is -2.34. The van der Waals surface area contributed by atoms with Crippen molar-refractivity contribution in [1.29, 1.82) is 0 Å². The highest BCUT2D eigenvalue weighted by Crippen LogP contribution is 2.42. The van der Waals surface area contributed by atoms with Crippen LogP contribution in [-0.4, -0.2) is 8.42 Å². The van der Waals surface area contributed by atoms with Crippen LogP contribution in [0.4, 0.5) is 0 Å². The molecule has 0 saturated heterocycles. The summed E-state index contributed by atoms with van der Waals surface area (Å²) in [6.45, 7) is 6.04. The highest BCUT2D eigenvalue weighted by atomic mass is 32.2. The van der Waals surface area contributed by atoms with E-state index in [1.807, 2.05) is 13.0 Å². The van der Waals surface area contributed by atoms with Crippen molar-refractivity contribution in [2.24, 2.45) is 10.6 Å². The Morgan fingerprint density at radius 1 is 1.53 bits per heavy atom. The molecule has 6 heteroatoms. The largest absolute Gasteiger partial charge is 0.466 e. The molecule has 0 saturated carbocycles. The van der Waals surface area contributed by atoms with Crippen molar-refractivity contribution in [1.82, 2.24) is 4.72 Å². The second-order valence-corrected chi connectivity index (χ2v) is 6.82. The standard InChI is InChI=1S/C11H18N2O3S/c1-7-4-8-9(13-17(12,14)15)5-11(2,3)6-10(8)16-7/h4,9,13H,5-6H2,1-3H3,(H2,12,14,15)/t9-/m1/s1. The van der Waals surface area contributed by atoms with Crippen LogP contribution in [0.2, 0.25) is 0 Å². The zero-order valence-electron chi connectivity index (χ0n) is 10.3. The molecule has 0 bridgehead atoms. The fraction of sp³-hybridized carbons (Fsp3) is 0.636. The summed E-state index contributed by atoms with van der Waals surface area (Å²) in [6, 6.07) is 1.59. The fourth-order valence-electron chi connectivity index (χ4n) is 2.49. The second kappa shape index (κ2) is 3.83. The molecule has 96 valence electrons. The first kappa shape index (κ1) is 12.6. The van der Waals surface area contributed by atoms with Gasteiger partial charge in [0.05, 0.1) is 6.04 Å². The Morgan fingerprint density at radius 2 is 2.18 bits per heavy atom. The Balaban J connectivity index is 2.39. The molecular weight excluding hydrogens is 240 g/mol. The lowest BCUT2D eigenvalue weighted by Crippen LogP contribution is -2.39. The van der Waals surface area contributed by atoms with Crippen LogP contribution < -0.4 is 9.86 Å². The molecule has 0 fully saturated rings. The lowest BCUT2D eigenvalue weighted by atomic mass is 9.75. The van der Waals surface area contributed by atoms with Crippen LogP contribution in [0.5, 0.6) is 0 Å². The maximum atomic E-state index is 11.2. The van der Waals surface area contributed by atoms with E-state index in [-0.39, 0.29) is 11.5 Å². The number of nitrogens with one attached hydrogen (secondary N) is 1. The third-order valence-corrected chi connectivity index (χ3v) is 3.66. The zero-order chi connectivity index (χ0) is 12.8. The van der Waals surface area contributed by atoms with Crippen LogP contribution in [0.1, 0.15) is 43.4 Å². The van der Waals surface area contributed by atoms with Crippen molar-refractivity contribution in [3.63, 3.8) is 0 Å². The number of fused-ring (bicyclic) bond motifs is 1. The van der Waals surface area contributed by atoms with Gasteiger partial charge in [-0.3, -0.25) is 0 Å². The van der Waals surface area contributed by atoms with Crippen LogP contribution in [0.3, 0.4) is 0 Å². The van der Waals surface area contributed by atoms with Gasteiger partial charge in [-0.15, -0.1) is 0 Å². The zero-order valence-corrected chi connectivity index (χ0v) is 11.1. The van der Waals surface area contributed by atoms with Gasteiger partial charge in [0.25, 0.3) is 10.2 Å². The van der Waals surface area contributed by atoms with Crippen molar-refractivity contribution >= 4 is 10.2 Å². The second-order valence-electron chi connectivity index (χ2n) is 5.50. The Bertz CT molecular complexity index is 531. The summed E-state index contributed by atoms with van der Waals surface area (Å²) in [5, 5.41) is 5.05. The van der Waals surface area contributed by atoms with Gasteiger partial charge in [-0.25, -0.2) is 5.14 Å². The van der Waals surface area contributed by atoms with Gasteiger partial charge in [-0.05, 0) is 24.8 Å². The maximum Gasteiger partial charge on any atom is 0.274 e. The average Bonchev–Trinajstić information content (AvgIpc) is 2.40. The predicted octanol–water partition coefficient (Wildman–Crippen LogP) is 1.39. The van der Waals surface area contributed by atoms with Gasteiger partial charge in [0, 0.05) is 12.0 Å². The van der Waals surface area contributed by atoms with Gasteiger partial charge in [0.2, 0.25) is 0 Å². The highest BCUT2D eigenvalue weighted by molar-refractivity contribution is 7.87. The molecular formula is C11H18N2O3S. The summed E-state index contributed by atoms with van der Waals surface area (Å²) in [5.74, 6) is 1.66. The molecule has 0 amide bonds. The van der Waals surface area contributed by atoms with Gasteiger partial charge in [-0.2, -0.15) is 13.1 Å². The van der Waals surface area contributed by atoms with Crippen LogP contribution in [0.15, 0.2) is 10.5 Å². The predicted molar refractivity (Wildman–Crippen MR) is 64.5 cm³/mol. The summed E-state index contributed by atoms with van der Waals surface area (Å²) in [6.07, 6.45) is 1.54. The van der Waals surface area contributed by atoms with Gasteiger partial charge < -0.3 is 4.42 Å². The molecule has 1 aliphatic rings. The molecule has 0 radical (unpaired) electrons. The SMILES string of the molecule is Cc1cc2c(o1)CC(C)(C)C[C@H]2NS(N)(=O)=O. The summed E-state index contributed by atoms with van der Waals surface area (Å²) in [5.41, 5.74) is 0.912. The molecule has 1 aromatic heterocycles. The van der Waals surface area contributed by atoms with E-state index in [2.05, 4.69) is 18.6 Å². The van der Waals surface area contributed by atoms with Crippen molar-refractivity contribution < 1.29 is 12.8 Å². The van der Waals surface area contributed by atoms with E-state index < -0.39 is 10.2 Å². The molecule has 17 heavy (non-hydrogen) atoms. The van der Waals surface area contributed by atoms with Crippen molar-refractivity contribution in [2.75, 3.05) is 0 Å². The number of furan rings is 1. The van der Waals surface area contributed by atoms with E-state index in [9.17, 15) is 8.42 Å². The quantitative estimate of drug-likeness (QED) is 0.840.